The smallest absolute Gasteiger partial charge is 0.303 e. The second-order valence-electron chi connectivity index (χ2n) is 8.11. The van der Waals surface area contributed by atoms with Gasteiger partial charge in [-0.15, -0.1) is 0 Å². The Bertz CT molecular complexity index is 910. The predicted octanol–water partition coefficient (Wildman–Crippen LogP) is 2.23. The van der Waals surface area contributed by atoms with E-state index in [0.29, 0.717) is 18.7 Å². The van der Waals surface area contributed by atoms with Gasteiger partial charge in [0.2, 0.25) is 5.91 Å². The third-order valence-electron chi connectivity index (χ3n) is 5.73. The van der Waals surface area contributed by atoms with E-state index in [1.807, 2.05) is 42.3 Å². The van der Waals surface area contributed by atoms with Crippen LogP contribution in [0.15, 0.2) is 54.6 Å². The van der Waals surface area contributed by atoms with Crippen LogP contribution in [0.2, 0.25) is 0 Å². The van der Waals surface area contributed by atoms with Crippen molar-refractivity contribution in [1.82, 2.24) is 10.2 Å². The molecule has 0 saturated heterocycles. The Morgan fingerprint density at radius 3 is 2.59 bits per heavy atom. The normalized spacial score (nSPS) is 22.6. The average molecular weight is 445 g/mol. The fourth-order valence-corrected chi connectivity index (χ4v) is 4.13. The number of nitrogens with zero attached hydrogens (tertiary/aromatic N) is 1. The fraction of sp³-hybridized carbons (Fsp3) is 0.417. The van der Waals surface area contributed by atoms with Crippen LogP contribution in [0.25, 0.3) is 0 Å². The summed E-state index contributed by atoms with van der Waals surface area (Å²) >= 11 is 0. The van der Waals surface area contributed by atoms with E-state index >= 15 is 0 Å². The van der Waals surface area contributed by atoms with Crippen LogP contribution < -0.4 is 10.1 Å². The highest BCUT2D eigenvalue weighted by Gasteiger charge is 2.46. The lowest BCUT2D eigenvalue weighted by Gasteiger charge is -2.32. The number of likely N-dealkylation sites (N-methyl/N-ethyl adjacent to an activating group) is 1. The van der Waals surface area contributed by atoms with E-state index in [2.05, 4.69) is 5.32 Å². The Labute approximate surface area is 186 Å². The van der Waals surface area contributed by atoms with Crippen molar-refractivity contribution in [2.75, 3.05) is 13.6 Å². The van der Waals surface area contributed by atoms with Crippen LogP contribution >= 0.6 is 0 Å². The van der Waals surface area contributed by atoms with Crippen molar-refractivity contribution in [1.29, 1.82) is 0 Å². The summed E-state index contributed by atoms with van der Waals surface area (Å²) in [6, 6.07) is 14.8. The first-order valence-electron chi connectivity index (χ1n) is 10.7. The van der Waals surface area contributed by atoms with Gasteiger partial charge >= 0.3 is 5.97 Å². The van der Waals surface area contributed by atoms with Crippen molar-refractivity contribution >= 4 is 11.9 Å². The molecule has 7 nitrogen and oxygen atoms in total. The molecule has 1 amide bonds. The molecule has 4 atom stereocenters. The van der Waals surface area contributed by atoms with Crippen molar-refractivity contribution in [2.24, 2.45) is 0 Å². The van der Waals surface area contributed by atoms with Crippen molar-refractivity contribution in [3.63, 3.8) is 0 Å². The van der Waals surface area contributed by atoms with Gasteiger partial charge in [-0.1, -0.05) is 36.4 Å². The van der Waals surface area contributed by atoms with Crippen LogP contribution in [0.4, 0.5) is 4.39 Å². The summed E-state index contributed by atoms with van der Waals surface area (Å²) in [5, 5.41) is 22.7. The first-order valence-corrected chi connectivity index (χ1v) is 10.7. The Kier molecular flexibility index (Phi) is 8.19. The fourth-order valence-electron chi connectivity index (χ4n) is 4.13. The van der Waals surface area contributed by atoms with E-state index in [-0.39, 0.29) is 12.8 Å². The highest BCUT2D eigenvalue weighted by Crippen LogP contribution is 2.29. The van der Waals surface area contributed by atoms with Gasteiger partial charge in [0.25, 0.3) is 0 Å². The van der Waals surface area contributed by atoms with Crippen molar-refractivity contribution in [3.8, 4) is 5.75 Å². The van der Waals surface area contributed by atoms with E-state index in [4.69, 9.17) is 9.84 Å². The minimum Gasteiger partial charge on any atom is -0.487 e. The molecule has 32 heavy (non-hydrogen) atoms. The number of benzene rings is 2. The molecule has 0 aromatic heterocycles. The van der Waals surface area contributed by atoms with Gasteiger partial charge in [0, 0.05) is 25.5 Å². The molecule has 2 aromatic carbocycles. The number of carboxylic acids is 1. The molecule has 172 valence electrons. The molecule has 3 rings (SSSR count). The van der Waals surface area contributed by atoms with Gasteiger partial charge in [0.1, 0.15) is 23.8 Å². The summed E-state index contributed by atoms with van der Waals surface area (Å²) in [5.74, 6) is -1.57. The maximum atomic E-state index is 13.5. The lowest BCUT2D eigenvalue weighted by molar-refractivity contribution is -0.139. The number of carbonyl (C=O) groups excluding carboxylic acids is 1. The molecule has 0 bridgehead atoms. The highest BCUT2D eigenvalue weighted by molar-refractivity contribution is 5.80. The number of aliphatic hydroxyl groups is 1. The highest BCUT2D eigenvalue weighted by atomic mass is 19.1. The van der Waals surface area contributed by atoms with Gasteiger partial charge in [-0.3, -0.25) is 14.5 Å². The number of hydrogen-bond donors (Lipinski definition) is 3. The molecule has 3 N–H and O–H groups in total. The standard InChI is InChI=1S/C24H29FN2O5/c1-27(13-12-16-6-3-2-4-7-16)23-19(26-21(28)10-11-22(29)30)15-20(24(23)31)32-18-9-5-8-17(25)14-18/h2-9,14,19-20,23-24,31H,10-13,15H2,1H3,(H,26,28)(H,29,30)/t19-,20-,23+,24+/m1/s1. The Morgan fingerprint density at radius 1 is 1.16 bits per heavy atom. The van der Waals surface area contributed by atoms with Gasteiger partial charge < -0.3 is 20.3 Å². The number of ether oxygens (including phenoxy) is 1. The maximum absolute atomic E-state index is 13.5. The number of halogens is 1. The summed E-state index contributed by atoms with van der Waals surface area (Å²) in [7, 11) is 1.87. The van der Waals surface area contributed by atoms with Crippen molar-refractivity contribution in [3.05, 3.63) is 66.0 Å². The zero-order valence-electron chi connectivity index (χ0n) is 18.0. The van der Waals surface area contributed by atoms with Gasteiger partial charge in [0.15, 0.2) is 0 Å². The molecular formula is C24H29FN2O5. The molecule has 1 aliphatic rings. The third kappa shape index (κ3) is 6.51. The minimum atomic E-state index is -1.05. The van der Waals surface area contributed by atoms with E-state index in [1.54, 1.807) is 6.07 Å². The number of nitrogens with one attached hydrogen (secondary N) is 1. The maximum Gasteiger partial charge on any atom is 0.303 e. The first kappa shape index (κ1) is 23.7. The van der Waals surface area contributed by atoms with Crippen LogP contribution in [-0.2, 0) is 16.0 Å². The first-order chi connectivity index (χ1) is 15.3. The second-order valence-corrected chi connectivity index (χ2v) is 8.11. The summed E-state index contributed by atoms with van der Waals surface area (Å²) in [4.78, 5) is 25.1. The number of aliphatic carboxylic acids is 1. The molecular weight excluding hydrogens is 415 g/mol. The topological polar surface area (TPSA) is 99.1 Å². The summed E-state index contributed by atoms with van der Waals surface area (Å²) in [6.45, 7) is 0.639. The Balaban J connectivity index is 1.70. The number of rotatable bonds is 10. The molecule has 1 fully saturated rings. The largest absolute Gasteiger partial charge is 0.487 e. The van der Waals surface area contributed by atoms with Crippen LogP contribution in [0.3, 0.4) is 0 Å². The number of carbonyl (C=O) groups is 2. The number of aliphatic hydroxyl groups excluding tert-OH is 1. The summed E-state index contributed by atoms with van der Waals surface area (Å²) in [5.41, 5.74) is 1.15. The van der Waals surface area contributed by atoms with Crippen LogP contribution in [0, 0.1) is 5.82 Å². The van der Waals surface area contributed by atoms with Gasteiger partial charge in [-0.05, 0) is 31.2 Å². The van der Waals surface area contributed by atoms with Crippen molar-refractivity contribution < 1.29 is 28.9 Å². The number of amides is 1. The molecule has 0 unspecified atom stereocenters. The molecule has 0 radical (unpaired) electrons. The van der Waals surface area contributed by atoms with Gasteiger partial charge in [0.05, 0.1) is 18.5 Å². The van der Waals surface area contributed by atoms with Gasteiger partial charge in [-0.25, -0.2) is 4.39 Å². The van der Waals surface area contributed by atoms with Crippen LogP contribution in [0.5, 0.6) is 5.75 Å². The zero-order chi connectivity index (χ0) is 23.1. The van der Waals surface area contributed by atoms with Crippen LogP contribution in [0.1, 0.15) is 24.8 Å². The van der Waals surface area contributed by atoms with Gasteiger partial charge in [-0.2, -0.15) is 0 Å². The summed E-state index contributed by atoms with van der Waals surface area (Å²) in [6.07, 6.45) is -0.905. The van der Waals surface area contributed by atoms with E-state index in [1.165, 1.54) is 18.2 Å². The second kappa shape index (κ2) is 11.1. The number of hydrogen-bond acceptors (Lipinski definition) is 5. The molecule has 0 heterocycles. The molecule has 1 saturated carbocycles. The predicted molar refractivity (Wildman–Crippen MR) is 117 cm³/mol. The molecule has 1 aliphatic carbocycles. The lowest BCUT2D eigenvalue weighted by Crippen LogP contribution is -2.52. The van der Waals surface area contributed by atoms with Crippen molar-refractivity contribution in [2.45, 2.75) is 50.0 Å². The average Bonchev–Trinajstić information content (AvgIpc) is 3.06. The molecule has 2 aromatic rings. The van der Waals surface area contributed by atoms with E-state index < -0.39 is 42.0 Å². The quantitative estimate of drug-likeness (QED) is 0.520. The molecule has 8 heteroatoms. The summed E-state index contributed by atoms with van der Waals surface area (Å²) < 4.78 is 19.4. The SMILES string of the molecule is CN(CCc1ccccc1)[C@@H]1[C@@H](O)[C@H](Oc2cccc(F)c2)C[C@H]1NC(=O)CCC(=O)O. The minimum absolute atomic E-state index is 0.141. The lowest BCUT2D eigenvalue weighted by atomic mass is 10.1. The van der Waals surface area contributed by atoms with Crippen LogP contribution in [-0.4, -0.2) is 64.9 Å². The monoisotopic (exact) mass is 444 g/mol. The van der Waals surface area contributed by atoms with E-state index in [0.717, 1.165) is 12.0 Å². The number of carboxylic acid groups (broad SMARTS) is 1. The zero-order valence-corrected chi connectivity index (χ0v) is 18.0. The Hall–Kier alpha value is -2.97. The molecule has 0 aliphatic heterocycles. The molecule has 0 spiro atoms. The van der Waals surface area contributed by atoms with E-state index in [9.17, 15) is 19.1 Å². The Morgan fingerprint density at radius 2 is 1.91 bits per heavy atom. The third-order valence-corrected chi connectivity index (χ3v) is 5.73.